The van der Waals surface area contributed by atoms with Crippen LogP contribution in [0.5, 0.6) is 0 Å². The van der Waals surface area contributed by atoms with Gasteiger partial charge in [0.2, 0.25) is 0 Å². The van der Waals surface area contributed by atoms with Crippen LogP contribution in [0.1, 0.15) is 24.4 Å². The molecule has 0 aliphatic carbocycles. The summed E-state index contributed by atoms with van der Waals surface area (Å²) in [5.41, 5.74) is 1.01. The van der Waals surface area contributed by atoms with Gasteiger partial charge in [-0.2, -0.15) is 0 Å². The normalized spacial score (nSPS) is 12.1. The summed E-state index contributed by atoms with van der Waals surface area (Å²) in [6.07, 6.45) is 0.770. The molecule has 1 aromatic rings. The molecule has 0 fully saturated rings. The van der Waals surface area contributed by atoms with Gasteiger partial charge in [-0.15, -0.1) is 0 Å². The molecule has 1 rings (SSSR count). The minimum Gasteiger partial charge on any atom is -0.465 e. The van der Waals surface area contributed by atoms with E-state index in [4.69, 9.17) is 5.11 Å². The van der Waals surface area contributed by atoms with Crippen molar-refractivity contribution in [1.82, 2.24) is 10.6 Å². The van der Waals surface area contributed by atoms with Crippen LogP contribution in [-0.2, 0) is 0 Å². The Hall–Kier alpha value is -1.55. The predicted octanol–water partition coefficient (Wildman–Crippen LogP) is 1.99. The number of benzene rings is 1. The fraction of sp³-hybridized carbons (Fsp3) is 0.417. The summed E-state index contributed by atoms with van der Waals surface area (Å²) in [6, 6.07) is 9.54. The van der Waals surface area contributed by atoms with Crippen LogP contribution in [0.4, 0.5) is 4.79 Å². The van der Waals surface area contributed by atoms with Crippen LogP contribution in [0.15, 0.2) is 30.3 Å². The molecule has 1 aromatic carbocycles. The largest absolute Gasteiger partial charge is 0.465 e. The zero-order chi connectivity index (χ0) is 11.8. The van der Waals surface area contributed by atoms with Gasteiger partial charge < -0.3 is 15.7 Å². The van der Waals surface area contributed by atoms with Crippen LogP contribution in [0.3, 0.4) is 0 Å². The molecule has 1 unspecified atom stereocenters. The molecule has 0 bridgehead atoms. The molecule has 0 spiro atoms. The van der Waals surface area contributed by atoms with Gasteiger partial charge in [0.25, 0.3) is 0 Å². The molecule has 0 aromatic heterocycles. The summed E-state index contributed by atoms with van der Waals surface area (Å²) in [6.45, 7) is 0.893. The highest BCUT2D eigenvalue weighted by Gasteiger charge is 2.12. The van der Waals surface area contributed by atoms with Crippen molar-refractivity contribution in [3.63, 3.8) is 0 Å². The molecule has 0 radical (unpaired) electrons. The topological polar surface area (TPSA) is 61.4 Å². The summed E-state index contributed by atoms with van der Waals surface area (Å²) >= 11 is 0. The number of amides is 1. The fourth-order valence-electron chi connectivity index (χ4n) is 1.64. The third-order valence-corrected chi connectivity index (χ3v) is 2.42. The Kier molecular flexibility index (Phi) is 5.36. The maximum absolute atomic E-state index is 10.7. The van der Waals surface area contributed by atoms with E-state index >= 15 is 0 Å². The van der Waals surface area contributed by atoms with E-state index < -0.39 is 6.09 Å². The molecule has 0 aliphatic rings. The van der Waals surface area contributed by atoms with E-state index in [0.29, 0.717) is 0 Å². The van der Waals surface area contributed by atoms with Gasteiger partial charge in [-0.05, 0) is 32.0 Å². The Morgan fingerprint density at radius 2 is 2.06 bits per heavy atom. The van der Waals surface area contributed by atoms with Crippen molar-refractivity contribution >= 4 is 6.09 Å². The lowest BCUT2D eigenvalue weighted by atomic mass is 10.0. The smallest absolute Gasteiger partial charge is 0.405 e. The number of hydrogen-bond donors (Lipinski definition) is 3. The Morgan fingerprint density at radius 3 is 2.62 bits per heavy atom. The molecule has 4 heteroatoms. The standard InChI is InChI=1S/C12H18N2O2/c1-13-9-5-8-11(14-12(15)16)10-6-3-2-4-7-10/h2-4,6-7,11,13-14H,5,8-9H2,1H3,(H,15,16). The molecular weight excluding hydrogens is 204 g/mol. The summed E-state index contributed by atoms with van der Waals surface area (Å²) in [7, 11) is 1.89. The number of carboxylic acid groups (broad SMARTS) is 1. The summed E-state index contributed by atoms with van der Waals surface area (Å²) in [5, 5.41) is 14.4. The van der Waals surface area contributed by atoms with Crippen LogP contribution in [0.2, 0.25) is 0 Å². The monoisotopic (exact) mass is 222 g/mol. The van der Waals surface area contributed by atoms with E-state index in [-0.39, 0.29) is 6.04 Å². The van der Waals surface area contributed by atoms with Crippen molar-refractivity contribution in [1.29, 1.82) is 0 Å². The van der Waals surface area contributed by atoms with E-state index in [2.05, 4.69) is 10.6 Å². The summed E-state index contributed by atoms with van der Waals surface area (Å²) in [4.78, 5) is 10.7. The van der Waals surface area contributed by atoms with Crippen LogP contribution in [0.25, 0.3) is 0 Å². The van der Waals surface area contributed by atoms with E-state index in [1.165, 1.54) is 0 Å². The molecule has 0 aliphatic heterocycles. The maximum Gasteiger partial charge on any atom is 0.405 e. The van der Waals surface area contributed by atoms with Gasteiger partial charge in [0, 0.05) is 0 Å². The number of carbonyl (C=O) groups is 1. The van der Waals surface area contributed by atoms with E-state index in [1.807, 2.05) is 37.4 Å². The number of nitrogens with one attached hydrogen (secondary N) is 2. The SMILES string of the molecule is CNCCCC(NC(=O)O)c1ccccc1. The second-order valence-electron chi connectivity index (χ2n) is 3.66. The van der Waals surface area contributed by atoms with E-state index in [0.717, 1.165) is 24.9 Å². The summed E-state index contributed by atoms with van der Waals surface area (Å²) in [5.74, 6) is 0. The Balaban J connectivity index is 2.60. The first-order valence-electron chi connectivity index (χ1n) is 5.43. The number of hydrogen-bond acceptors (Lipinski definition) is 2. The molecule has 3 N–H and O–H groups in total. The fourth-order valence-corrected chi connectivity index (χ4v) is 1.64. The van der Waals surface area contributed by atoms with Crippen molar-refractivity contribution in [2.24, 2.45) is 0 Å². The van der Waals surface area contributed by atoms with Crippen LogP contribution < -0.4 is 10.6 Å². The molecule has 0 saturated carbocycles. The van der Waals surface area contributed by atoms with Gasteiger partial charge in [-0.1, -0.05) is 30.3 Å². The highest BCUT2D eigenvalue weighted by molar-refractivity contribution is 5.65. The zero-order valence-electron chi connectivity index (χ0n) is 9.44. The van der Waals surface area contributed by atoms with Crippen LogP contribution >= 0.6 is 0 Å². The molecule has 88 valence electrons. The average Bonchev–Trinajstić information content (AvgIpc) is 2.29. The van der Waals surface area contributed by atoms with Crippen molar-refractivity contribution in [2.45, 2.75) is 18.9 Å². The second-order valence-corrected chi connectivity index (χ2v) is 3.66. The van der Waals surface area contributed by atoms with Gasteiger partial charge in [0.1, 0.15) is 0 Å². The van der Waals surface area contributed by atoms with Crippen molar-refractivity contribution in [3.05, 3.63) is 35.9 Å². The number of rotatable bonds is 6. The minimum absolute atomic E-state index is 0.118. The quantitative estimate of drug-likeness (QED) is 0.645. The second kappa shape index (κ2) is 6.85. The molecule has 0 saturated heterocycles. The maximum atomic E-state index is 10.7. The molecular formula is C12H18N2O2. The Bertz CT molecular complexity index is 314. The molecule has 4 nitrogen and oxygen atoms in total. The third kappa shape index (κ3) is 4.31. The first-order valence-corrected chi connectivity index (χ1v) is 5.43. The summed E-state index contributed by atoms with van der Waals surface area (Å²) < 4.78 is 0. The average molecular weight is 222 g/mol. The first kappa shape index (κ1) is 12.5. The lowest BCUT2D eigenvalue weighted by Crippen LogP contribution is -2.27. The van der Waals surface area contributed by atoms with Crippen LogP contribution in [0, 0.1) is 0 Å². The lowest BCUT2D eigenvalue weighted by Gasteiger charge is -2.17. The van der Waals surface area contributed by atoms with Crippen LogP contribution in [-0.4, -0.2) is 24.8 Å². The van der Waals surface area contributed by atoms with E-state index in [9.17, 15) is 4.79 Å². The van der Waals surface area contributed by atoms with Gasteiger partial charge >= 0.3 is 6.09 Å². The molecule has 16 heavy (non-hydrogen) atoms. The minimum atomic E-state index is -0.974. The molecule has 0 heterocycles. The highest BCUT2D eigenvalue weighted by atomic mass is 16.4. The Morgan fingerprint density at radius 1 is 1.38 bits per heavy atom. The van der Waals surface area contributed by atoms with Crippen molar-refractivity contribution < 1.29 is 9.90 Å². The van der Waals surface area contributed by atoms with Crippen molar-refractivity contribution in [2.75, 3.05) is 13.6 Å². The predicted molar refractivity (Wildman–Crippen MR) is 63.5 cm³/mol. The van der Waals surface area contributed by atoms with Gasteiger partial charge in [-0.3, -0.25) is 0 Å². The molecule has 1 atom stereocenters. The highest BCUT2D eigenvalue weighted by Crippen LogP contribution is 2.17. The van der Waals surface area contributed by atoms with Gasteiger partial charge in [0.05, 0.1) is 6.04 Å². The van der Waals surface area contributed by atoms with E-state index in [1.54, 1.807) is 0 Å². The van der Waals surface area contributed by atoms with Crippen molar-refractivity contribution in [3.8, 4) is 0 Å². The molecule has 1 amide bonds. The zero-order valence-corrected chi connectivity index (χ0v) is 9.44. The first-order chi connectivity index (χ1) is 7.74. The van der Waals surface area contributed by atoms with Gasteiger partial charge in [-0.25, -0.2) is 4.79 Å². The Labute approximate surface area is 95.7 Å². The third-order valence-electron chi connectivity index (χ3n) is 2.42. The van der Waals surface area contributed by atoms with Gasteiger partial charge in [0.15, 0.2) is 0 Å². The lowest BCUT2D eigenvalue weighted by molar-refractivity contribution is 0.189.